The van der Waals surface area contributed by atoms with Crippen LogP contribution >= 0.6 is 0 Å². The average molecular weight is 346 g/mol. The third-order valence-electron chi connectivity index (χ3n) is 3.01. The van der Waals surface area contributed by atoms with Crippen LogP contribution in [-0.2, 0) is 0 Å². The molecule has 0 saturated carbocycles. The van der Waals surface area contributed by atoms with Gasteiger partial charge in [0.25, 0.3) is 0 Å². The van der Waals surface area contributed by atoms with Crippen molar-refractivity contribution >= 4 is 18.5 Å². The van der Waals surface area contributed by atoms with Gasteiger partial charge in [-0.05, 0) is 29.8 Å². The van der Waals surface area contributed by atoms with Crippen molar-refractivity contribution < 1.29 is 73.8 Å². The predicted octanol–water partition coefficient (Wildman–Crippen LogP) is 0.846. The van der Waals surface area contributed by atoms with Gasteiger partial charge in [-0.1, -0.05) is 41.9 Å². The molecule has 0 amide bonds. The molecule has 0 aliphatic heterocycles. The van der Waals surface area contributed by atoms with E-state index in [1.54, 1.807) is 12.2 Å². The van der Waals surface area contributed by atoms with E-state index in [9.17, 15) is 12.9 Å². The Kier molecular flexibility index (Phi) is 8.43. The number of halogens is 3. The second-order valence-corrected chi connectivity index (χ2v) is 4.60. The van der Waals surface area contributed by atoms with Gasteiger partial charge >= 0.3 is 58.4 Å². The summed E-state index contributed by atoms with van der Waals surface area (Å²) >= 11 is 0. The molecule has 0 bridgehead atoms. The van der Waals surface area contributed by atoms with Gasteiger partial charge in [0.15, 0.2) is 0 Å². The molecule has 0 N–H and O–H groups in total. The van der Waals surface area contributed by atoms with Crippen molar-refractivity contribution in [1.29, 1.82) is 0 Å². The zero-order chi connectivity index (χ0) is 16.0. The van der Waals surface area contributed by atoms with Crippen molar-refractivity contribution in [1.82, 2.24) is 0 Å². The Labute approximate surface area is 176 Å². The maximum absolute atomic E-state index is 13.0. The largest absolute Gasteiger partial charge is 1.00 e. The maximum atomic E-state index is 13.0. The first-order valence-corrected chi connectivity index (χ1v) is 6.73. The molecule has 0 aromatic heterocycles. The molecule has 0 unspecified atom stereocenters. The molecule has 7 heteroatoms. The molecule has 23 heavy (non-hydrogen) atoms. The van der Waals surface area contributed by atoms with Crippen LogP contribution in [0.15, 0.2) is 54.6 Å². The maximum Gasteiger partial charge on any atom is 1.00 e. The van der Waals surface area contributed by atoms with Crippen LogP contribution in [0.4, 0.5) is 12.9 Å². The monoisotopic (exact) mass is 346 g/mol. The Bertz CT molecular complexity index is 646. The molecule has 0 atom stereocenters. The van der Waals surface area contributed by atoms with Crippen LogP contribution in [-0.4, -0.2) is 20.7 Å². The van der Waals surface area contributed by atoms with Crippen LogP contribution < -0.4 is 66.3 Å². The van der Waals surface area contributed by atoms with E-state index in [-0.39, 0.29) is 69.5 Å². The summed E-state index contributed by atoms with van der Waals surface area (Å²) in [5.74, 6) is -0.0348. The van der Waals surface area contributed by atoms with Crippen LogP contribution in [0, 0.1) is 0 Å². The number of ether oxygens (including phenoxy) is 2. The summed E-state index contributed by atoms with van der Waals surface area (Å²) < 4.78 is 49.2. The van der Waals surface area contributed by atoms with E-state index in [0.29, 0.717) is 0 Å². The fourth-order valence-corrected chi connectivity index (χ4v) is 1.93. The number of benzene rings is 2. The topological polar surface area (TPSA) is 18.5 Å². The van der Waals surface area contributed by atoms with Gasteiger partial charge in [-0.2, -0.15) is 0 Å². The summed E-state index contributed by atoms with van der Waals surface area (Å²) in [6.45, 7) is -5.11. The van der Waals surface area contributed by atoms with Crippen LogP contribution in [0.2, 0.25) is 0 Å². The van der Waals surface area contributed by atoms with Crippen LogP contribution in [0.25, 0.3) is 6.08 Å². The van der Waals surface area contributed by atoms with Gasteiger partial charge in [0.2, 0.25) is 0 Å². The van der Waals surface area contributed by atoms with Gasteiger partial charge in [-0.15, -0.1) is 0 Å². The van der Waals surface area contributed by atoms with E-state index in [0.717, 1.165) is 11.6 Å². The van der Waals surface area contributed by atoms with Crippen LogP contribution in [0.1, 0.15) is 5.56 Å². The van der Waals surface area contributed by atoms with Gasteiger partial charge in [-0.3, -0.25) is 0 Å². The van der Waals surface area contributed by atoms with Gasteiger partial charge in [0.1, 0.15) is 12.4 Å². The van der Waals surface area contributed by atoms with Crippen molar-refractivity contribution in [2.24, 2.45) is 0 Å². The van der Waals surface area contributed by atoms with E-state index < -0.39 is 12.4 Å². The standard InChI is InChI=1S/C16H15BF3O2.K/c1-21-14-9-10-16(15(12-14)17(18,19)20)22-11-5-8-13-6-3-2-4-7-13;/h2-10,12H,11H2,1H3;/q-1;+1/b8-5+;. The Balaban J connectivity index is 0.00000264. The molecular weight excluding hydrogens is 331 g/mol. The zero-order valence-corrected chi connectivity index (χ0v) is 16.1. The summed E-state index contributed by atoms with van der Waals surface area (Å²) in [5.41, 5.74) is 0.175. The quantitative estimate of drug-likeness (QED) is 0.722. The van der Waals surface area contributed by atoms with E-state index in [1.165, 1.54) is 19.2 Å². The molecule has 2 rings (SSSR count). The summed E-state index contributed by atoms with van der Waals surface area (Å²) in [4.78, 5) is 0. The van der Waals surface area contributed by atoms with Crippen molar-refractivity contribution in [3.05, 3.63) is 60.2 Å². The molecule has 2 nitrogen and oxygen atoms in total. The second kappa shape index (κ2) is 9.54. The molecule has 0 aliphatic carbocycles. The minimum Gasteiger partial charge on any atom is -0.497 e. The fraction of sp³-hybridized carbons (Fsp3) is 0.125. The minimum atomic E-state index is -5.16. The molecule has 0 radical (unpaired) electrons. The van der Waals surface area contributed by atoms with Gasteiger partial charge in [0, 0.05) is 0 Å². The van der Waals surface area contributed by atoms with Crippen molar-refractivity contribution in [2.45, 2.75) is 0 Å². The van der Waals surface area contributed by atoms with E-state index >= 15 is 0 Å². The molecule has 0 fully saturated rings. The SMILES string of the molecule is COc1ccc(OC/C=C/c2ccccc2)c([B-](F)(F)F)c1.[K+]. The zero-order valence-electron chi connectivity index (χ0n) is 13.0. The van der Waals surface area contributed by atoms with Crippen molar-refractivity contribution in [3.63, 3.8) is 0 Å². The van der Waals surface area contributed by atoms with Crippen LogP contribution in [0.3, 0.4) is 0 Å². The summed E-state index contributed by atoms with van der Waals surface area (Å²) in [7, 11) is 1.33. The Hall–Kier alpha value is -0.729. The third-order valence-corrected chi connectivity index (χ3v) is 3.01. The summed E-state index contributed by atoms with van der Waals surface area (Å²) in [6.07, 6.45) is 3.47. The molecule has 0 aliphatic rings. The Morgan fingerprint density at radius 2 is 1.74 bits per heavy atom. The Morgan fingerprint density at radius 3 is 2.35 bits per heavy atom. The molecule has 116 valence electrons. The van der Waals surface area contributed by atoms with Crippen molar-refractivity contribution in [2.75, 3.05) is 13.7 Å². The Morgan fingerprint density at radius 1 is 1.04 bits per heavy atom. The second-order valence-electron chi connectivity index (χ2n) is 4.60. The summed E-state index contributed by atoms with van der Waals surface area (Å²) in [6, 6.07) is 13.1. The number of methoxy groups -OCH3 is 1. The smallest absolute Gasteiger partial charge is 0.497 e. The number of hydrogen-bond donors (Lipinski definition) is 0. The van der Waals surface area contributed by atoms with Gasteiger partial charge < -0.3 is 22.4 Å². The van der Waals surface area contributed by atoms with E-state index in [1.807, 2.05) is 30.3 Å². The molecule has 2 aromatic rings. The number of hydrogen-bond acceptors (Lipinski definition) is 2. The summed E-state index contributed by atoms with van der Waals surface area (Å²) in [5, 5.41) is 0. The molecule has 0 saturated heterocycles. The van der Waals surface area contributed by atoms with E-state index in [4.69, 9.17) is 9.47 Å². The first kappa shape index (κ1) is 20.3. The van der Waals surface area contributed by atoms with Crippen LogP contribution in [0.5, 0.6) is 11.5 Å². The predicted molar refractivity (Wildman–Crippen MR) is 82.7 cm³/mol. The van der Waals surface area contributed by atoms with Crippen molar-refractivity contribution in [3.8, 4) is 11.5 Å². The molecule has 0 heterocycles. The molecular formula is C16H15BF3KO2. The molecule has 0 spiro atoms. The number of rotatable bonds is 6. The molecule has 2 aromatic carbocycles. The first-order chi connectivity index (χ1) is 10.5. The van der Waals surface area contributed by atoms with E-state index in [2.05, 4.69) is 0 Å². The normalized spacial score (nSPS) is 11.1. The average Bonchev–Trinajstić information content (AvgIpc) is 2.51. The first-order valence-electron chi connectivity index (χ1n) is 6.73. The van der Waals surface area contributed by atoms with Gasteiger partial charge in [-0.25, -0.2) is 0 Å². The minimum absolute atomic E-state index is 0. The van der Waals surface area contributed by atoms with Gasteiger partial charge in [0.05, 0.1) is 12.9 Å². The fourth-order valence-electron chi connectivity index (χ4n) is 1.93. The third kappa shape index (κ3) is 6.35.